The van der Waals surface area contributed by atoms with Crippen LogP contribution in [0, 0.1) is 0 Å². The largest absolute Gasteiger partial charge is 0.480 e. The fraction of sp³-hybridized carbons (Fsp3) is 0.333. The molecule has 0 unspecified atom stereocenters. The van der Waals surface area contributed by atoms with Crippen LogP contribution in [0.15, 0.2) is 12.4 Å². The highest BCUT2D eigenvalue weighted by Gasteiger charge is 2.20. The summed E-state index contributed by atoms with van der Waals surface area (Å²) in [4.78, 5) is 31.0. The molecule has 0 atom stereocenters. The Bertz CT molecular complexity index is 407. The predicted molar refractivity (Wildman–Crippen MR) is 55.7 cm³/mol. The minimum absolute atomic E-state index is 0.00339. The van der Waals surface area contributed by atoms with Gasteiger partial charge in [0, 0.05) is 18.9 Å². The molecule has 0 spiro atoms. The molecule has 86 valence electrons. The molecule has 1 aromatic heterocycles. The first-order chi connectivity index (χ1) is 7.56. The van der Waals surface area contributed by atoms with Crippen LogP contribution in [0.2, 0.25) is 0 Å². The average Bonchev–Trinajstić information content (AvgIpc) is 2.25. The van der Waals surface area contributed by atoms with Crippen molar-refractivity contribution in [1.29, 1.82) is 0 Å². The van der Waals surface area contributed by atoms with Crippen molar-refractivity contribution >= 4 is 17.7 Å². The Morgan fingerprint density at radius 1 is 1.44 bits per heavy atom. The normalized spacial score (nSPS) is 9.81. The Morgan fingerprint density at radius 2 is 2.06 bits per heavy atom. The maximum absolute atomic E-state index is 11.8. The number of aromatic nitrogens is 2. The zero-order valence-electron chi connectivity index (χ0n) is 8.75. The zero-order valence-corrected chi connectivity index (χ0v) is 8.75. The number of likely N-dealkylation sites (N-methyl/N-ethyl adjacent to an activating group) is 1. The fourth-order valence-corrected chi connectivity index (χ4v) is 1.15. The number of rotatable bonds is 4. The van der Waals surface area contributed by atoms with Gasteiger partial charge >= 0.3 is 5.97 Å². The lowest BCUT2D eigenvalue weighted by Gasteiger charge is -2.18. The SMILES string of the molecule is CCN(CC(=O)O)C(=O)c1nccnc1N. The van der Waals surface area contributed by atoms with Crippen LogP contribution in [0.3, 0.4) is 0 Å². The standard InChI is InChI=1S/C9H12N4O3/c1-2-13(5-6(14)15)9(16)7-8(10)12-4-3-11-7/h3-4H,2,5H2,1H3,(H2,10,12)(H,14,15). The van der Waals surface area contributed by atoms with E-state index in [2.05, 4.69) is 9.97 Å². The monoisotopic (exact) mass is 224 g/mol. The Labute approximate surface area is 91.9 Å². The van der Waals surface area contributed by atoms with Crippen LogP contribution in [0.5, 0.6) is 0 Å². The van der Waals surface area contributed by atoms with Gasteiger partial charge in [-0.15, -0.1) is 0 Å². The summed E-state index contributed by atoms with van der Waals surface area (Å²) in [6.07, 6.45) is 2.69. The molecule has 0 saturated heterocycles. The highest BCUT2D eigenvalue weighted by Crippen LogP contribution is 2.07. The van der Waals surface area contributed by atoms with Crippen LogP contribution in [0.4, 0.5) is 5.82 Å². The topological polar surface area (TPSA) is 109 Å². The van der Waals surface area contributed by atoms with Gasteiger partial charge in [-0.2, -0.15) is 0 Å². The number of carboxylic acid groups (broad SMARTS) is 1. The molecule has 0 radical (unpaired) electrons. The number of anilines is 1. The second-order valence-corrected chi connectivity index (χ2v) is 3.00. The first-order valence-corrected chi connectivity index (χ1v) is 4.63. The van der Waals surface area contributed by atoms with Crippen molar-refractivity contribution in [3.05, 3.63) is 18.1 Å². The van der Waals surface area contributed by atoms with E-state index in [0.29, 0.717) is 0 Å². The summed E-state index contributed by atoms with van der Waals surface area (Å²) in [6.45, 7) is 1.56. The smallest absolute Gasteiger partial charge is 0.323 e. The summed E-state index contributed by atoms with van der Waals surface area (Å²) in [7, 11) is 0. The van der Waals surface area contributed by atoms with Gasteiger partial charge in [0.1, 0.15) is 6.54 Å². The molecule has 0 aliphatic rings. The number of hydrogen-bond donors (Lipinski definition) is 2. The van der Waals surface area contributed by atoms with Crippen LogP contribution in [0.1, 0.15) is 17.4 Å². The first kappa shape index (κ1) is 11.9. The maximum atomic E-state index is 11.8. The summed E-state index contributed by atoms with van der Waals surface area (Å²) < 4.78 is 0. The number of carbonyl (C=O) groups is 2. The fourth-order valence-electron chi connectivity index (χ4n) is 1.15. The second-order valence-electron chi connectivity index (χ2n) is 3.00. The molecule has 0 bridgehead atoms. The van der Waals surface area contributed by atoms with E-state index in [0.717, 1.165) is 4.90 Å². The minimum Gasteiger partial charge on any atom is -0.480 e. The maximum Gasteiger partial charge on any atom is 0.323 e. The van der Waals surface area contributed by atoms with Crippen LogP contribution in [-0.2, 0) is 4.79 Å². The van der Waals surface area contributed by atoms with E-state index < -0.39 is 11.9 Å². The van der Waals surface area contributed by atoms with E-state index in [-0.39, 0.29) is 24.6 Å². The van der Waals surface area contributed by atoms with Crippen molar-refractivity contribution in [1.82, 2.24) is 14.9 Å². The third-order valence-electron chi connectivity index (χ3n) is 1.92. The molecule has 1 amide bonds. The van der Waals surface area contributed by atoms with Gasteiger partial charge in [-0.1, -0.05) is 0 Å². The summed E-state index contributed by atoms with van der Waals surface area (Å²) in [5.74, 6) is -1.62. The number of aliphatic carboxylic acids is 1. The lowest BCUT2D eigenvalue weighted by atomic mass is 10.3. The zero-order chi connectivity index (χ0) is 12.1. The van der Waals surface area contributed by atoms with Gasteiger partial charge in [-0.25, -0.2) is 9.97 Å². The molecule has 16 heavy (non-hydrogen) atoms. The molecule has 0 aliphatic carbocycles. The van der Waals surface area contributed by atoms with Crippen LogP contribution < -0.4 is 5.73 Å². The molecule has 7 heteroatoms. The molecule has 0 saturated carbocycles. The lowest BCUT2D eigenvalue weighted by molar-refractivity contribution is -0.137. The number of carbonyl (C=O) groups excluding carboxylic acids is 1. The molecule has 1 aromatic rings. The van der Waals surface area contributed by atoms with Crippen molar-refractivity contribution in [2.75, 3.05) is 18.8 Å². The van der Waals surface area contributed by atoms with Crippen molar-refractivity contribution in [3.8, 4) is 0 Å². The third-order valence-corrected chi connectivity index (χ3v) is 1.92. The Balaban J connectivity index is 2.91. The summed E-state index contributed by atoms with van der Waals surface area (Å²) in [6, 6.07) is 0. The van der Waals surface area contributed by atoms with E-state index >= 15 is 0 Å². The van der Waals surface area contributed by atoms with E-state index in [1.807, 2.05) is 0 Å². The van der Waals surface area contributed by atoms with Crippen LogP contribution in [-0.4, -0.2) is 44.9 Å². The average molecular weight is 224 g/mol. The van der Waals surface area contributed by atoms with Crippen molar-refractivity contribution < 1.29 is 14.7 Å². The Kier molecular flexibility index (Phi) is 3.76. The van der Waals surface area contributed by atoms with Crippen molar-refractivity contribution in [2.24, 2.45) is 0 Å². The number of carboxylic acids is 1. The van der Waals surface area contributed by atoms with Gasteiger partial charge < -0.3 is 15.7 Å². The van der Waals surface area contributed by atoms with Gasteiger partial charge in [0.2, 0.25) is 0 Å². The third kappa shape index (κ3) is 2.66. The number of nitrogen functional groups attached to an aromatic ring is 1. The molecular weight excluding hydrogens is 212 g/mol. The molecule has 1 rings (SSSR count). The van der Waals surface area contributed by atoms with E-state index in [1.165, 1.54) is 12.4 Å². The predicted octanol–water partition coefficient (Wildman–Crippen LogP) is -0.394. The van der Waals surface area contributed by atoms with E-state index in [1.54, 1.807) is 6.92 Å². The van der Waals surface area contributed by atoms with E-state index in [4.69, 9.17) is 10.8 Å². The number of hydrogen-bond acceptors (Lipinski definition) is 5. The van der Waals surface area contributed by atoms with Gasteiger partial charge in [-0.3, -0.25) is 9.59 Å². The summed E-state index contributed by atoms with van der Waals surface area (Å²) in [5.41, 5.74) is 5.45. The van der Waals surface area contributed by atoms with Crippen LogP contribution >= 0.6 is 0 Å². The lowest BCUT2D eigenvalue weighted by Crippen LogP contribution is -2.36. The summed E-state index contributed by atoms with van der Waals surface area (Å²) in [5, 5.41) is 8.62. The molecule has 1 heterocycles. The Morgan fingerprint density at radius 3 is 2.56 bits per heavy atom. The van der Waals surface area contributed by atoms with Gasteiger partial charge in [0.05, 0.1) is 0 Å². The summed E-state index contributed by atoms with van der Waals surface area (Å²) >= 11 is 0. The van der Waals surface area contributed by atoms with E-state index in [9.17, 15) is 9.59 Å². The first-order valence-electron chi connectivity index (χ1n) is 4.63. The second kappa shape index (κ2) is 5.06. The van der Waals surface area contributed by atoms with Gasteiger partial charge in [0.25, 0.3) is 5.91 Å². The van der Waals surface area contributed by atoms with Crippen molar-refractivity contribution in [2.45, 2.75) is 6.92 Å². The Hall–Kier alpha value is -2.18. The van der Waals surface area contributed by atoms with Crippen molar-refractivity contribution in [3.63, 3.8) is 0 Å². The molecule has 0 aliphatic heterocycles. The number of nitrogens with zero attached hydrogens (tertiary/aromatic N) is 3. The molecule has 7 nitrogen and oxygen atoms in total. The van der Waals surface area contributed by atoms with Gasteiger partial charge in [-0.05, 0) is 6.92 Å². The highest BCUT2D eigenvalue weighted by molar-refractivity contribution is 5.97. The highest BCUT2D eigenvalue weighted by atomic mass is 16.4. The quantitative estimate of drug-likeness (QED) is 0.720. The molecule has 0 fully saturated rings. The van der Waals surface area contributed by atoms with Crippen LogP contribution in [0.25, 0.3) is 0 Å². The number of nitrogens with two attached hydrogens (primary N) is 1. The number of amides is 1. The van der Waals surface area contributed by atoms with Gasteiger partial charge in [0.15, 0.2) is 11.5 Å². The molecular formula is C9H12N4O3. The minimum atomic E-state index is -1.09. The molecule has 3 N–H and O–H groups in total. The molecule has 0 aromatic carbocycles.